The predicted octanol–water partition coefficient (Wildman–Crippen LogP) is 5.52. The number of methoxy groups -OCH3 is 1. The van der Waals surface area contributed by atoms with Gasteiger partial charge in [-0.1, -0.05) is 24.3 Å². The van der Waals surface area contributed by atoms with Crippen molar-refractivity contribution >= 4 is 17.5 Å². The standard InChI is InChI=1S/C33H44O8/c1-23(14-15-34)40-19-6-9-33(37)26-11-13-28-27-12-10-25(32(36)8-4-5-17-39-18-7-16-38-3)20-29(27)31(30(28)21-26)22-41-24(2)35/h10-13,20-21,23,31,34H,4-9,14-19,22H2,1-3H3. The second-order valence-electron chi connectivity index (χ2n) is 10.5. The molecule has 0 bridgehead atoms. The van der Waals surface area contributed by atoms with E-state index in [9.17, 15) is 14.4 Å². The zero-order chi connectivity index (χ0) is 29.6. The van der Waals surface area contributed by atoms with Crippen LogP contribution < -0.4 is 0 Å². The van der Waals surface area contributed by atoms with Crippen LogP contribution in [0.4, 0.5) is 0 Å². The van der Waals surface area contributed by atoms with E-state index in [1.807, 2.05) is 43.3 Å². The Balaban J connectivity index is 1.66. The number of ketones is 2. The summed E-state index contributed by atoms with van der Waals surface area (Å²) in [6, 6.07) is 11.4. The number of hydrogen-bond acceptors (Lipinski definition) is 8. The Morgan fingerprint density at radius 3 is 2.02 bits per heavy atom. The first-order valence-corrected chi connectivity index (χ1v) is 14.6. The SMILES string of the molecule is COCCCOCCCCC(=O)c1ccc2c(c1)C(COC(C)=O)c1cc(C(=O)CCCOC(C)CCO)ccc1-2. The van der Waals surface area contributed by atoms with Crippen LogP contribution in [-0.2, 0) is 23.7 Å². The van der Waals surface area contributed by atoms with E-state index in [0.29, 0.717) is 63.2 Å². The molecule has 8 heteroatoms. The number of fused-ring (bicyclic) bond motifs is 3. The number of esters is 1. The minimum atomic E-state index is -0.376. The van der Waals surface area contributed by atoms with Crippen molar-refractivity contribution in [1.29, 1.82) is 0 Å². The van der Waals surface area contributed by atoms with E-state index in [1.54, 1.807) is 7.11 Å². The first-order chi connectivity index (χ1) is 19.8. The van der Waals surface area contributed by atoms with Crippen molar-refractivity contribution in [2.45, 2.75) is 70.8 Å². The second kappa shape index (κ2) is 17.1. The number of aliphatic hydroxyl groups excluding tert-OH is 1. The van der Waals surface area contributed by atoms with Gasteiger partial charge in [0.05, 0.1) is 6.10 Å². The van der Waals surface area contributed by atoms with Crippen molar-refractivity contribution in [3.05, 3.63) is 58.7 Å². The predicted molar refractivity (Wildman–Crippen MR) is 157 cm³/mol. The molecule has 224 valence electrons. The molecule has 0 heterocycles. The number of carbonyl (C=O) groups is 3. The zero-order valence-corrected chi connectivity index (χ0v) is 24.6. The Hall–Kier alpha value is -2.91. The van der Waals surface area contributed by atoms with Crippen molar-refractivity contribution in [2.75, 3.05) is 46.8 Å². The van der Waals surface area contributed by atoms with Gasteiger partial charge in [0.25, 0.3) is 0 Å². The van der Waals surface area contributed by atoms with Gasteiger partial charge in [-0.2, -0.15) is 0 Å². The molecule has 0 saturated carbocycles. The molecule has 0 radical (unpaired) electrons. The maximum absolute atomic E-state index is 13.0. The van der Waals surface area contributed by atoms with Crippen molar-refractivity contribution in [2.24, 2.45) is 0 Å². The van der Waals surface area contributed by atoms with Gasteiger partial charge in [-0.3, -0.25) is 14.4 Å². The van der Waals surface area contributed by atoms with Crippen LogP contribution in [-0.4, -0.2) is 75.5 Å². The third-order valence-electron chi connectivity index (χ3n) is 7.31. The second-order valence-corrected chi connectivity index (χ2v) is 10.5. The first-order valence-electron chi connectivity index (χ1n) is 14.6. The molecular formula is C33H44O8. The van der Waals surface area contributed by atoms with Crippen molar-refractivity contribution in [3.8, 4) is 11.1 Å². The van der Waals surface area contributed by atoms with E-state index < -0.39 is 0 Å². The Kier molecular flexibility index (Phi) is 13.6. The van der Waals surface area contributed by atoms with Crippen LogP contribution in [0.1, 0.15) is 96.6 Å². The molecule has 0 aliphatic heterocycles. The summed E-state index contributed by atoms with van der Waals surface area (Å²) in [5, 5.41) is 9.00. The minimum Gasteiger partial charge on any atom is -0.465 e. The molecule has 2 atom stereocenters. The summed E-state index contributed by atoms with van der Waals surface area (Å²) in [6.07, 6.45) is 4.32. The van der Waals surface area contributed by atoms with Gasteiger partial charge in [0.1, 0.15) is 6.61 Å². The molecule has 0 fully saturated rings. The van der Waals surface area contributed by atoms with E-state index in [-0.39, 0.29) is 42.8 Å². The van der Waals surface area contributed by atoms with Crippen LogP contribution >= 0.6 is 0 Å². The fraction of sp³-hybridized carbons (Fsp3) is 0.545. The van der Waals surface area contributed by atoms with Crippen LogP contribution in [0.25, 0.3) is 11.1 Å². The Morgan fingerprint density at radius 1 is 0.829 bits per heavy atom. The van der Waals surface area contributed by atoms with Gasteiger partial charge in [-0.25, -0.2) is 0 Å². The Morgan fingerprint density at radius 2 is 1.44 bits per heavy atom. The summed E-state index contributed by atoms with van der Waals surface area (Å²) in [5.41, 5.74) is 5.08. The molecule has 8 nitrogen and oxygen atoms in total. The summed E-state index contributed by atoms with van der Waals surface area (Å²) < 4.78 is 21.7. The molecule has 2 unspecified atom stereocenters. The van der Waals surface area contributed by atoms with Crippen LogP contribution in [0.15, 0.2) is 36.4 Å². The summed E-state index contributed by atoms with van der Waals surface area (Å²) in [4.78, 5) is 37.7. The van der Waals surface area contributed by atoms with E-state index in [1.165, 1.54) is 6.92 Å². The van der Waals surface area contributed by atoms with Crippen LogP contribution in [0.2, 0.25) is 0 Å². The Labute approximate surface area is 243 Å². The summed E-state index contributed by atoms with van der Waals surface area (Å²) in [6.45, 7) is 5.91. The van der Waals surface area contributed by atoms with Crippen LogP contribution in [0, 0.1) is 0 Å². The molecule has 1 aliphatic rings. The number of unbranched alkanes of at least 4 members (excludes halogenated alkanes) is 1. The van der Waals surface area contributed by atoms with Gasteiger partial charge in [-0.05, 0) is 73.4 Å². The van der Waals surface area contributed by atoms with Gasteiger partial charge in [-0.15, -0.1) is 0 Å². The van der Waals surface area contributed by atoms with Crippen LogP contribution in [0.5, 0.6) is 0 Å². The normalized spacial score (nSPS) is 14.4. The number of benzene rings is 2. The van der Waals surface area contributed by atoms with Gasteiger partial charge < -0.3 is 24.1 Å². The lowest BCUT2D eigenvalue weighted by Crippen LogP contribution is -2.12. The van der Waals surface area contributed by atoms with Gasteiger partial charge >= 0.3 is 5.97 Å². The van der Waals surface area contributed by atoms with Gasteiger partial charge in [0.2, 0.25) is 0 Å². The van der Waals surface area contributed by atoms with Crippen molar-refractivity contribution < 1.29 is 38.4 Å². The molecule has 0 amide bonds. The molecule has 0 aromatic heterocycles. The molecule has 1 N–H and O–H groups in total. The zero-order valence-electron chi connectivity index (χ0n) is 24.6. The highest BCUT2D eigenvalue weighted by Gasteiger charge is 2.31. The van der Waals surface area contributed by atoms with E-state index in [0.717, 1.165) is 41.5 Å². The molecule has 41 heavy (non-hydrogen) atoms. The van der Waals surface area contributed by atoms with Gasteiger partial charge in [0, 0.05) is 77.0 Å². The van der Waals surface area contributed by atoms with E-state index in [2.05, 4.69) is 0 Å². The van der Waals surface area contributed by atoms with E-state index >= 15 is 0 Å². The minimum absolute atomic E-state index is 0.0203. The maximum Gasteiger partial charge on any atom is 0.302 e. The molecule has 0 spiro atoms. The average molecular weight is 569 g/mol. The molecule has 1 aliphatic carbocycles. The van der Waals surface area contributed by atoms with Crippen LogP contribution in [0.3, 0.4) is 0 Å². The van der Waals surface area contributed by atoms with Crippen molar-refractivity contribution in [1.82, 2.24) is 0 Å². The number of hydrogen-bond donors (Lipinski definition) is 1. The monoisotopic (exact) mass is 568 g/mol. The fourth-order valence-electron chi connectivity index (χ4n) is 5.06. The molecule has 2 aromatic carbocycles. The Bertz CT molecular complexity index is 1160. The average Bonchev–Trinajstić information content (AvgIpc) is 3.27. The number of Topliss-reactive ketones (excluding diaryl/α,β-unsaturated/α-hetero) is 2. The fourth-order valence-corrected chi connectivity index (χ4v) is 5.06. The maximum atomic E-state index is 13.0. The number of carbonyl (C=O) groups excluding carboxylic acids is 3. The lowest BCUT2D eigenvalue weighted by Gasteiger charge is -2.15. The number of rotatable bonds is 20. The smallest absolute Gasteiger partial charge is 0.302 e. The third kappa shape index (κ3) is 9.85. The van der Waals surface area contributed by atoms with Crippen molar-refractivity contribution in [3.63, 3.8) is 0 Å². The van der Waals surface area contributed by atoms with E-state index in [4.69, 9.17) is 24.1 Å². The molecule has 3 rings (SSSR count). The molecular weight excluding hydrogens is 524 g/mol. The molecule has 0 saturated heterocycles. The summed E-state index contributed by atoms with van der Waals surface area (Å²) in [7, 11) is 1.67. The number of ether oxygens (including phenoxy) is 4. The lowest BCUT2D eigenvalue weighted by atomic mass is 9.93. The highest BCUT2D eigenvalue weighted by Crippen LogP contribution is 2.46. The summed E-state index contributed by atoms with van der Waals surface area (Å²) in [5.74, 6) is -0.542. The third-order valence-corrected chi connectivity index (χ3v) is 7.31. The highest BCUT2D eigenvalue weighted by atomic mass is 16.5. The quantitative estimate of drug-likeness (QED) is 0.126. The topological polar surface area (TPSA) is 108 Å². The highest BCUT2D eigenvalue weighted by molar-refractivity contribution is 5.99. The number of aliphatic hydroxyl groups is 1. The first kappa shape index (κ1) is 32.6. The van der Waals surface area contributed by atoms with Gasteiger partial charge in [0.15, 0.2) is 11.6 Å². The summed E-state index contributed by atoms with van der Waals surface area (Å²) >= 11 is 0. The lowest BCUT2D eigenvalue weighted by molar-refractivity contribution is -0.141. The molecule has 2 aromatic rings. The largest absolute Gasteiger partial charge is 0.465 e.